The van der Waals surface area contributed by atoms with Crippen LogP contribution >= 0.6 is 0 Å². The molecule has 1 amide bonds. The molecular formula is C20H21FN2O4. The Hall–Kier alpha value is -2.80. The molecule has 1 fully saturated rings. The summed E-state index contributed by atoms with van der Waals surface area (Å²) in [5.41, 5.74) is 1.15. The lowest BCUT2D eigenvalue weighted by molar-refractivity contribution is -0.135. The van der Waals surface area contributed by atoms with Crippen LogP contribution in [0.3, 0.4) is 0 Å². The molecule has 0 saturated carbocycles. The van der Waals surface area contributed by atoms with Crippen molar-refractivity contribution in [1.29, 1.82) is 0 Å². The van der Waals surface area contributed by atoms with Crippen LogP contribution in [-0.2, 0) is 11.3 Å². The normalized spacial score (nSPS) is 16.4. The van der Waals surface area contributed by atoms with Crippen molar-refractivity contribution in [2.75, 3.05) is 39.6 Å². The average molecular weight is 372 g/mol. The highest BCUT2D eigenvalue weighted by Gasteiger charge is 2.22. The Morgan fingerprint density at radius 3 is 2.63 bits per heavy atom. The van der Waals surface area contributed by atoms with E-state index >= 15 is 0 Å². The minimum Gasteiger partial charge on any atom is -0.481 e. The molecule has 7 heteroatoms. The summed E-state index contributed by atoms with van der Waals surface area (Å²) >= 11 is 0. The molecule has 0 aromatic heterocycles. The number of carbonyl (C=O) groups excluding carboxylic acids is 1. The molecule has 2 aliphatic heterocycles. The van der Waals surface area contributed by atoms with Crippen LogP contribution in [0, 0.1) is 5.82 Å². The zero-order valence-electron chi connectivity index (χ0n) is 14.9. The van der Waals surface area contributed by atoms with Gasteiger partial charge in [-0.15, -0.1) is 0 Å². The second-order valence-corrected chi connectivity index (χ2v) is 6.56. The highest BCUT2D eigenvalue weighted by atomic mass is 19.1. The Kier molecular flexibility index (Phi) is 5.11. The molecule has 2 aliphatic rings. The zero-order valence-corrected chi connectivity index (χ0v) is 14.9. The fourth-order valence-electron chi connectivity index (χ4n) is 3.25. The number of para-hydroxylation sites is 1. The predicted molar refractivity (Wildman–Crippen MR) is 96.3 cm³/mol. The number of carbonyl (C=O) groups is 1. The number of fused-ring (bicyclic) bond motifs is 1. The van der Waals surface area contributed by atoms with Crippen molar-refractivity contribution in [3.05, 3.63) is 53.8 Å². The Bertz CT molecular complexity index is 821. The largest absolute Gasteiger partial charge is 0.481 e. The molecule has 2 aromatic carbocycles. The lowest BCUT2D eigenvalue weighted by Gasteiger charge is -2.34. The van der Waals surface area contributed by atoms with E-state index in [2.05, 4.69) is 4.90 Å². The van der Waals surface area contributed by atoms with E-state index in [4.69, 9.17) is 14.2 Å². The standard InChI is InChI=1S/C20H21FN2O4/c21-16-3-1-2-4-17(16)25-13-20(24)23-9-7-22(8-10-23)12-15-5-6-18-19(11-15)27-14-26-18/h1-6,11H,7-10,12-14H2. The van der Waals surface area contributed by atoms with Gasteiger partial charge in [0.15, 0.2) is 29.7 Å². The van der Waals surface area contributed by atoms with E-state index in [0.717, 1.165) is 36.7 Å². The van der Waals surface area contributed by atoms with E-state index in [1.165, 1.54) is 12.1 Å². The van der Waals surface area contributed by atoms with Crippen LogP contribution in [0.5, 0.6) is 17.2 Å². The summed E-state index contributed by atoms with van der Waals surface area (Å²) in [6, 6.07) is 12.1. The molecule has 0 unspecified atom stereocenters. The predicted octanol–water partition coefficient (Wildman–Crippen LogP) is 2.28. The number of halogens is 1. The fourth-order valence-corrected chi connectivity index (χ4v) is 3.25. The molecule has 0 spiro atoms. The second-order valence-electron chi connectivity index (χ2n) is 6.56. The summed E-state index contributed by atoms with van der Waals surface area (Å²) in [6.45, 7) is 3.73. The third-order valence-corrected chi connectivity index (χ3v) is 4.76. The molecule has 0 atom stereocenters. The summed E-state index contributed by atoms with van der Waals surface area (Å²) in [4.78, 5) is 16.4. The van der Waals surface area contributed by atoms with Crippen molar-refractivity contribution in [3.8, 4) is 17.2 Å². The fraction of sp³-hybridized carbons (Fsp3) is 0.350. The number of benzene rings is 2. The van der Waals surface area contributed by atoms with Gasteiger partial charge < -0.3 is 19.1 Å². The first-order valence-electron chi connectivity index (χ1n) is 8.95. The summed E-state index contributed by atoms with van der Waals surface area (Å²) in [5, 5.41) is 0. The monoisotopic (exact) mass is 372 g/mol. The van der Waals surface area contributed by atoms with E-state index in [-0.39, 0.29) is 25.1 Å². The summed E-state index contributed by atoms with van der Waals surface area (Å²) in [6.07, 6.45) is 0. The minimum absolute atomic E-state index is 0.104. The molecule has 142 valence electrons. The number of amides is 1. The van der Waals surface area contributed by atoms with Crippen molar-refractivity contribution in [3.63, 3.8) is 0 Å². The molecule has 4 rings (SSSR count). The quantitative estimate of drug-likeness (QED) is 0.806. The van der Waals surface area contributed by atoms with Gasteiger partial charge in [-0.3, -0.25) is 9.69 Å². The van der Waals surface area contributed by atoms with Crippen molar-refractivity contribution in [2.24, 2.45) is 0 Å². The number of hydrogen-bond acceptors (Lipinski definition) is 5. The molecule has 0 bridgehead atoms. The SMILES string of the molecule is O=C(COc1ccccc1F)N1CCN(Cc2ccc3c(c2)OCO3)CC1. The van der Waals surface area contributed by atoms with Crippen molar-refractivity contribution in [1.82, 2.24) is 9.80 Å². The Morgan fingerprint density at radius 2 is 1.81 bits per heavy atom. The van der Waals surface area contributed by atoms with E-state index in [1.807, 2.05) is 18.2 Å². The van der Waals surface area contributed by atoms with Crippen LogP contribution in [0.15, 0.2) is 42.5 Å². The molecule has 0 N–H and O–H groups in total. The van der Waals surface area contributed by atoms with E-state index in [0.29, 0.717) is 13.1 Å². The molecule has 0 radical (unpaired) electrons. The van der Waals surface area contributed by atoms with Gasteiger partial charge >= 0.3 is 0 Å². The molecule has 6 nitrogen and oxygen atoms in total. The van der Waals surface area contributed by atoms with Crippen LogP contribution in [0.25, 0.3) is 0 Å². The van der Waals surface area contributed by atoms with Gasteiger partial charge in [0.05, 0.1) is 0 Å². The number of piperazine rings is 1. The van der Waals surface area contributed by atoms with Crippen LogP contribution in [0.2, 0.25) is 0 Å². The van der Waals surface area contributed by atoms with Gasteiger partial charge in [0, 0.05) is 32.7 Å². The summed E-state index contributed by atoms with van der Waals surface area (Å²) < 4.78 is 29.6. The zero-order chi connectivity index (χ0) is 18.6. The maximum Gasteiger partial charge on any atom is 0.260 e. The molecule has 2 heterocycles. The summed E-state index contributed by atoms with van der Waals surface area (Å²) in [5.74, 6) is 1.09. The topological polar surface area (TPSA) is 51.2 Å². The third-order valence-electron chi connectivity index (χ3n) is 4.76. The minimum atomic E-state index is -0.459. The summed E-state index contributed by atoms with van der Waals surface area (Å²) in [7, 11) is 0. The smallest absolute Gasteiger partial charge is 0.260 e. The third kappa shape index (κ3) is 4.14. The Balaban J connectivity index is 1.25. The molecule has 0 aliphatic carbocycles. The first-order chi connectivity index (χ1) is 13.2. The first-order valence-corrected chi connectivity index (χ1v) is 8.95. The second kappa shape index (κ2) is 7.84. The highest BCUT2D eigenvalue weighted by Crippen LogP contribution is 2.32. The van der Waals surface area contributed by atoms with E-state index in [9.17, 15) is 9.18 Å². The molecule has 2 aromatic rings. The Morgan fingerprint density at radius 1 is 1.04 bits per heavy atom. The van der Waals surface area contributed by atoms with Crippen LogP contribution in [-0.4, -0.2) is 55.3 Å². The van der Waals surface area contributed by atoms with Gasteiger partial charge in [0.2, 0.25) is 6.79 Å². The van der Waals surface area contributed by atoms with Crippen molar-refractivity contribution >= 4 is 5.91 Å². The van der Waals surface area contributed by atoms with E-state index in [1.54, 1.807) is 17.0 Å². The molecule has 27 heavy (non-hydrogen) atoms. The van der Waals surface area contributed by atoms with Gasteiger partial charge in [-0.2, -0.15) is 0 Å². The van der Waals surface area contributed by atoms with E-state index < -0.39 is 5.82 Å². The van der Waals surface area contributed by atoms with Gasteiger partial charge in [0.25, 0.3) is 5.91 Å². The van der Waals surface area contributed by atoms with Gasteiger partial charge in [-0.1, -0.05) is 18.2 Å². The average Bonchev–Trinajstić information content (AvgIpc) is 3.15. The maximum absolute atomic E-state index is 13.6. The first kappa shape index (κ1) is 17.6. The van der Waals surface area contributed by atoms with Gasteiger partial charge in [-0.05, 0) is 29.8 Å². The molecule has 1 saturated heterocycles. The number of rotatable bonds is 5. The van der Waals surface area contributed by atoms with Gasteiger partial charge in [0.1, 0.15) is 0 Å². The number of hydrogen-bond donors (Lipinski definition) is 0. The van der Waals surface area contributed by atoms with Crippen LogP contribution in [0.4, 0.5) is 4.39 Å². The highest BCUT2D eigenvalue weighted by molar-refractivity contribution is 5.77. The number of ether oxygens (including phenoxy) is 3. The van der Waals surface area contributed by atoms with Crippen LogP contribution in [0.1, 0.15) is 5.56 Å². The number of nitrogens with zero attached hydrogens (tertiary/aromatic N) is 2. The maximum atomic E-state index is 13.6. The molecular weight excluding hydrogens is 351 g/mol. The van der Waals surface area contributed by atoms with Gasteiger partial charge in [-0.25, -0.2) is 4.39 Å². The van der Waals surface area contributed by atoms with Crippen molar-refractivity contribution in [2.45, 2.75) is 6.54 Å². The Labute approximate surface area is 157 Å². The van der Waals surface area contributed by atoms with Crippen molar-refractivity contribution < 1.29 is 23.4 Å². The lowest BCUT2D eigenvalue weighted by Crippen LogP contribution is -2.49. The van der Waals surface area contributed by atoms with Crippen LogP contribution < -0.4 is 14.2 Å². The lowest BCUT2D eigenvalue weighted by atomic mass is 10.1.